The highest BCUT2D eigenvalue weighted by Crippen LogP contribution is 2.37. The van der Waals surface area contributed by atoms with E-state index in [4.69, 9.17) is 20.5 Å². The third-order valence-corrected chi connectivity index (χ3v) is 7.86. The number of carbonyl (C=O) groups is 3. The van der Waals surface area contributed by atoms with Crippen molar-refractivity contribution in [3.8, 4) is 11.5 Å². The molecule has 0 aliphatic carbocycles. The van der Waals surface area contributed by atoms with Gasteiger partial charge >= 0.3 is 16.1 Å². The van der Waals surface area contributed by atoms with E-state index in [2.05, 4.69) is 21.2 Å². The Hall–Kier alpha value is -2.94. The second-order valence-electron chi connectivity index (χ2n) is 7.46. The van der Waals surface area contributed by atoms with Gasteiger partial charge < -0.3 is 8.92 Å². The number of nitrogens with zero attached hydrogens (tertiary/aromatic N) is 1. The van der Waals surface area contributed by atoms with Crippen LogP contribution < -0.4 is 19.1 Å². The first-order chi connectivity index (χ1) is 17.5. The highest BCUT2D eigenvalue weighted by molar-refractivity contribution is 14.1. The molecular formula is C24H15BrClIN2O7S. The molecule has 1 N–H and O–H groups in total. The number of amides is 4. The van der Waals surface area contributed by atoms with E-state index in [9.17, 15) is 22.8 Å². The third-order valence-electron chi connectivity index (χ3n) is 5.04. The van der Waals surface area contributed by atoms with Gasteiger partial charge in [-0.3, -0.25) is 14.9 Å². The number of halogens is 3. The van der Waals surface area contributed by atoms with E-state index in [0.717, 1.165) is 9.37 Å². The maximum absolute atomic E-state index is 13.1. The van der Waals surface area contributed by atoms with Gasteiger partial charge in [0, 0.05) is 9.50 Å². The molecule has 1 heterocycles. The zero-order valence-corrected chi connectivity index (χ0v) is 24.0. The molecule has 1 fully saturated rings. The number of nitrogens with one attached hydrogen (secondary N) is 1. The SMILES string of the molecule is COc1cc(/C=C2\C(=O)NC(=O)N(c3ccc(Br)cc3)C2=O)cc(I)c1OS(=O)(=O)c1ccc(Cl)cc1. The predicted octanol–water partition coefficient (Wildman–Crippen LogP) is 5.15. The molecule has 1 saturated heterocycles. The first-order valence-electron chi connectivity index (χ1n) is 10.2. The Morgan fingerprint density at radius 2 is 1.68 bits per heavy atom. The Morgan fingerprint density at radius 1 is 1.03 bits per heavy atom. The second-order valence-corrected chi connectivity index (χ2v) is 11.5. The Morgan fingerprint density at radius 3 is 2.30 bits per heavy atom. The first kappa shape index (κ1) is 27.1. The highest BCUT2D eigenvalue weighted by Gasteiger charge is 2.37. The minimum absolute atomic E-state index is 0.0424. The summed E-state index contributed by atoms with van der Waals surface area (Å²) in [7, 11) is -2.90. The third kappa shape index (κ3) is 5.81. The topological polar surface area (TPSA) is 119 Å². The number of carbonyl (C=O) groups excluding carboxylic acids is 3. The summed E-state index contributed by atoms with van der Waals surface area (Å²) in [4.78, 5) is 38.8. The largest absolute Gasteiger partial charge is 0.493 e. The summed E-state index contributed by atoms with van der Waals surface area (Å²) in [5.41, 5.74) is 0.302. The van der Waals surface area contributed by atoms with Gasteiger partial charge in [-0.2, -0.15) is 8.42 Å². The Kier molecular flexibility index (Phi) is 7.92. The summed E-state index contributed by atoms with van der Waals surface area (Å²) in [5, 5.41) is 2.52. The van der Waals surface area contributed by atoms with Crippen molar-refractivity contribution in [1.29, 1.82) is 0 Å². The average molecular weight is 718 g/mol. The van der Waals surface area contributed by atoms with Crippen molar-refractivity contribution >= 4 is 89.8 Å². The van der Waals surface area contributed by atoms with Crippen LogP contribution in [0.2, 0.25) is 5.02 Å². The van der Waals surface area contributed by atoms with E-state index < -0.39 is 28.0 Å². The molecule has 1 aliphatic rings. The van der Waals surface area contributed by atoms with Crippen LogP contribution in [-0.4, -0.2) is 33.4 Å². The van der Waals surface area contributed by atoms with Gasteiger partial charge in [0.15, 0.2) is 11.5 Å². The monoisotopic (exact) mass is 716 g/mol. The summed E-state index contributed by atoms with van der Waals surface area (Å²) >= 11 is 11.0. The molecule has 3 aromatic carbocycles. The molecule has 0 aromatic heterocycles. The van der Waals surface area contributed by atoms with Crippen LogP contribution in [0, 0.1) is 3.57 Å². The predicted molar refractivity (Wildman–Crippen MR) is 148 cm³/mol. The van der Waals surface area contributed by atoms with Crippen LogP contribution in [0.15, 0.2) is 75.6 Å². The fourth-order valence-corrected chi connectivity index (χ4v) is 5.54. The number of hydrogen-bond acceptors (Lipinski definition) is 7. The van der Waals surface area contributed by atoms with Gasteiger partial charge in [-0.05, 0) is 94.9 Å². The fraction of sp³-hybridized carbons (Fsp3) is 0.0417. The molecule has 0 unspecified atom stereocenters. The summed E-state index contributed by atoms with van der Waals surface area (Å²) < 4.78 is 37.3. The van der Waals surface area contributed by atoms with Crippen LogP contribution in [-0.2, 0) is 19.7 Å². The number of ether oxygens (including phenoxy) is 1. The molecule has 3 aromatic rings. The molecule has 0 bridgehead atoms. The fourth-order valence-electron chi connectivity index (χ4n) is 3.31. The van der Waals surface area contributed by atoms with Crippen molar-refractivity contribution in [2.45, 2.75) is 4.90 Å². The number of rotatable bonds is 6. The molecule has 13 heteroatoms. The lowest BCUT2D eigenvalue weighted by atomic mass is 10.1. The lowest BCUT2D eigenvalue weighted by Crippen LogP contribution is -2.54. The van der Waals surface area contributed by atoms with E-state index in [1.165, 1.54) is 49.6 Å². The van der Waals surface area contributed by atoms with Crippen molar-refractivity contribution in [3.05, 3.63) is 84.9 Å². The van der Waals surface area contributed by atoms with Crippen LogP contribution in [0.1, 0.15) is 5.56 Å². The number of hydrogen-bond donors (Lipinski definition) is 1. The van der Waals surface area contributed by atoms with E-state index in [-0.39, 0.29) is 27.7 Å². The van der Waals surface area contributed by atoms with Crippen LogP contribution in [0.5, 0.6) is 11.5 Å². The minimum Gasteiger partial charge on any atom is -0.493 e. The summed E-state index contributed by atoms with van der Waals surface area (Å²) in [6, 6.07) is 13.9. The van der Waals surface area contributed by atoms with Crippen molar-refractivity contribution in [3.63, 3.8) is 0 Å². The van der Waals surface area contributed by atoms with Crippen LogP contribution >= 0.6 is 50.1 Å². The molecule has 190 valence electrons. The van der Waals surface area contributed by atoms with Crippen LogP contribution in [0.4, 0.5) is 10.5 Å². The number of urea groups is 1. The molecule has 4 rings (SSSR count). The van der Waals surface area contributed by atoms with Gasteiger partial charge in [0.25, 0.3) is 11.8 Å². The van der Waals surface area contributed by atoms with E-state index in [1.807, 2.05) is 22.6 Å². The molecule has 0 spiro atoms. The van der Waals surface area contributed by atoms with E-state index in [1.54, 1.807) is 24.3 Å². The molecule has 0 saturated carbocycles. The molecule has 37 heavy (non-hydrogen) atoms. The zero-order valence-electron chi connectivity index (χ0n) is 18.7. The number of benzene rings is 3. The van der Waals surface area contributed by atoms with Gasteiger partial charge in [0.1, 0.15) is 10.5 Å². The van der Waals surface area contributed by atoms with Crippen molar-refractivity contribution in [1.82, 2.24) is 5.32 Å². The van der Waals surface area contributed by atoms with E-state index in [0.29, 0.717) is 14.2 Å². The van der Waals surface area contributed by atoms with Gasteiger partial charge in [0.2, 0.25) is 0 Å². The number of imide groups is 2. The van der Waals surface area contributed by atoms with Crippen LogP contribution in [0.3, 0.4) is 0 Å². The summed E-state index contributed by atoms with van der Waals surface area (Å²) in [6.07, 6.45) is 1.28. The second kappa shape index (κ2) is 10.8. The number of methoxy groups -OCH3 is 1. The Balaban J connectivity index is 1.69. The molecule has 1 aliphatic heterocycles. The number of anilines is 1. The van der Waals surface area contributed by atoms with Crippen LogP contribution in [0.25, 0.3) is 6.08 Å². The van der Waals surface area contributed by atoms with Crippen molar-refractivity contribution in [2.75, 3.05) is 12.0 Å². The highest BCUT2D eigenvalue weighted by atomic mass is 127. The Labute approximate surface area is 238 Å². The van der Waals surface area contributed by atoms with Crippen molar-refractivity contribution in [2.24, 2.45) is 0 Å². The molecule has 4 amide bonds. The maximum Gasteiger partial charge on any atom is 0.339 e. The van der Waals surface area contributed by atoms with Gasteiger partial charge in [-0.15, -0.1) is 0 Å². The lowest BCUT2D eigenvalue weighted by molar-refractivity contribution is -0.122. The standard InChI is InChI=1S/C24H15BrClIN2O7S/c1-35-20-12-13(11-19(27)21(20)36-37(33,34)17-8-4-15(26)5-9-17)10-18-22(30)28-24(32)29(23(18)31)16-6-2-14(25)3-7-16/h2-12H,1H3,(H,28,30,32)/b18-10+. The summed E-state index contributed by atoms with van der Waals surface area (Å²) in [5.74, 6) is -1.73. The summed E-state index contributed by atoms with van der Waals surface area (Å²) in [6.45, 7) is 0. The lowest BCUT2D eigenvalue weighted by Gasteiger charge is -2.26. The quantitative estimate of drug-likeness (QED) is 0.162. The molecule has 0 atom stereocenters. The van der Waals surface area contributed by atoms with Gasteiger partial charge in [-0.1, -0.05) is 27.5 Å². The van der Waals surface area contributed by atoms with Gasteiger partial charge in [-0.25, -0.2) is 9.69 Å². The number of barbiturate groups is 1. The Bertz CT molecular complexity index is 1560. The molecule has 0 radical (unpaired) electrons. The zero-order chi connectivity index (χ0) is 26.9. The smallest absolute Gasteiger partial charge is 0.339 e. The average Bonchev–Trinajstić information content (AvgIpc) is 2.84. The molecular weight excluding hydrogens is 703 g/mol. The maximum atomic E-state index is 13.1. The minimum atomic E-state index is -4.21. The van der Waals surface area contributed by atoms with Crippen molar-refractivity contribution < 1.29 is 31.7 Å². The first-order valence-corrected chi connectivity index (χ1v) is 13.9. The normalized spacial score (nSPS) is 15.1. The van der Waals surface area contributed by atoms with Gasteiger partial charge in [0.05, 0.1) is 16.4 Å². The molecule has 9 nitrogen and oxygen atoms in total. The van der Waals surface area contributed by atoms with E-state index >= 15 is 0 Å².